The van der Waals surface area contributed by atoms with Gasteiger partial charge in [0.05, 0.1) is 0 Å². The summed E-state index contributed by atoms with van der Waals surface area (Å²) in [5, 5.41) is 3.03. The van der Waals surface area contributed by atoms with Gasteiger partial charge in [-0.15, -0.1) is 0 Å². The topological polar surface area (TPSA) is 29.1 Å². The fourth-order valence-electron chi connectivity index (χ4n) is 2.59. The predicted molar refractivity (Wildman–Crippen MR) is 73.3 cm³/mol. The molecule has 94 valence electrons. The largest absolute Gasteiger partial charge is 0.350 e. The number of rotatable bonds is 2. The Morgan fingerprint density at radius 2 is 2.17 bits per heavy atom. The van der Waals surface area contributed by atoms with E-state index in [0.29, 0.717) is 6.04 Å². The maximum atomic E-state index is 11.9. The lowest BCUT2D eigenvalue weighted by Gasteiger charge is -2.19. The molecule has 1 aromatic rings. The molecule has 0 unspecified atom stereocenters. The van der Waals surface area contributed by atoms with E-state index in [1.54, 1.807) is 0 Å². The summed E-state index contributed by atoms with van der Waals surface area (Å²) in [4.78, 5) is 11.9. The van der Waals surface area contributed by atoms with Crippen LogP contribution in [-0.2, 0) is 11.2 Å². The molecule has 0 bridgehead atoms. The minimum Gasteiger partial charge on any atom is -0.350 e. The first-order valence-electron chi connectivity index (χ1n) is 6.83. The first-order valence-corrected chi connectivity index (χ1v) is 6.83. The lowest BCUT2D eigenvalue weighted by Crippen LogP contribution is -2.23. The zero-order valence-electron chi connectivity index (χ0n) is 10.8. The Labute approximate surface area is 108 Å². The first kappa shape index (κ1) is 11.5. The Morgan fingerprint density at radius 1 is 1.33 bits per heavy atom. The minimum absolute atomic E-state index is 0.0851. The molecule has 0 aromatic heterocycles. The molecular weight excluding hydrogens is 222 g/mol. The van der Waals surface area contributed by atoms with E-state index in [2.05, 4.69) is 30.4 Å². The molecule has 1 fully saturated rings. The fraction of sp³-hybridized carbons (Fsp3) is 0.438. The third kappa shape index (κ3) is 2.47. The number of carbonyl (C=O) groups excluding carboxylic acids is 1. The number of aryl methyl sites for hydroxylation is 2. The lowest BCUT2D eigenvalue weighted by molar-refractivity contribution is -0.116. The van der Waals surface area contributed by atoms with Crippen LogP contribution in [-0.4, -0.2) is 11.9 Å². The van der Waals surface area contributed by atoms with Crippen molar-refractivity contribution in [3.05, 3.63) is 41.0 Å². The van der Waals surface area contributed by atoms with E-state index in [4.69, 9.17) is 0 Å². The van der Waals surface area contributed by atoms with Crippen LogP contribution in [0.5, 0.6) is 0 Å². The number of benzene rings is 1. The number of fused-ring (bicyclic) bond motifs is 1. The highest BCUT2D eigenvalue weighted by molar-refractivity contribution is 5.96. The smallest absolute Gasteiger partial charge is 0.244 e. The van der Waals surface area contributed by atoms with E-state index in [1.807, 2.05) is 6.08 Å². The highest BCUT2D eigenvalue weighted by atomic mass is 16.1. The number of amides is 1. The monoisotopic (exact) mass is 241 g/mol. The molecule has 2 heteroatoms. The number of carbonyl (C=O) groups is 1. The van der Waals surface area contributed by atoms with Gasteiger partial charge in [0.1, 0.15) is 0 Å². The summed E-state index contributed by atoms with van der Waals surface area (Å²) < 4.78 is 0. The van der Waals surface area contributed by atoms with Crippen LogP contribution in [0.25, 0.3) is 5.57 Å². The highest BCUT2D eigenvalue weighted by Gasteiger charge is 2.23. The van der Waals surface area contributed by atoms with Crippen molar-refractivity contribution in [1.29, 1.82) is 0 Å². The molecule has 0 atom stereocenters. The highest BCUT2D eigenvalue weighted by Crippen LogP contribution is 2.31. The van der Waals surface area contributed by atoms with Crippen LogP contribution >= 0.6 is 0 Å². The van der Waals surface area contributed by atoms with E-state index < -0.39 is 0 Å². The molecule has 1 amide bonds. The van der Waals surface area contributed by atoms with Crippen LogP contribution in [0.15, 0.2) is 24.3 Å². The van der Waals surface area contributed by atoms with Crippen molar-refractivity contribution < 1.29 is 4.79 Å². The van der Waals surface area contributed by atoms with Crippen LogP contribution in [0.4, 0.5) is 0 Å². The van der Waals surface area contributed by atoms with Gasteiger partial charge in [0.2, 0.25) is 5.91 Å². The molecular formula is C16H19NO. The van der Waals surface area contributed by atoms with Gasteiger partial charge in [0, 0.05) is 12.1 Å². The second-order valence-electron chi connectivity index (χ2n) is 5.47. The Balaban J connectivity index is 1.87. The van der Waals surface area contributed by atoms with Gasteiger partial charge in [-0.3, -0.25) is 4.79 Å². The van der Waals surface area contributed by atoms with E-state index in [-0.39, 0.29) is 5.91 Å². The van der Waals surface area contributed by atoms with Crippen LogP contribution < -0.4 is 5.32 Å². The van der Waals surface area contributed by atoms with Gasteiger partial charge in [0.15, 0.2) is 0 Å². The molecule has 1 aromatic carbocycles. The maximum absolute atomic E-state index is 11.9. The van der Waals surface area contributed by atoms with Crippen molar-refractivity contribution in [2.75, 3.05) is 0 Å². The summed E-state index contributed by atoms with van der Waals surface area (Å²) >= 11 is 0. The van der Waals surface area contributed by atoms with Gasteiger partial charge in [-0.05, 0) is 55.7 Å². The molecule has 1 saturated carbocycles. The average Bonchev–Trinajstić information content (AvgIpc) is 3.14. The zero-order chi connectivity index (χ0) is 12.5. The summed E-state index contributed by atoms with van der Waals surface area (Å²) in [6, 6.07) is 7.02. The molecule has 18 heavy (non-hydrogen) atoms. The van der Waals surface area contributed by atoms with Crippen LogP contribution in [0.3, 0.4) is 0 Å². The molecule has 0 heterocycles. The van der Waals surface area contributed by atoms with Gasteiger partial charge in [-0.1, -0.05) is 23.8 Å². The van der Waals surface area contributed by atoms with Crippen molar-refractivity contribution in [2.24, 2.45) is 0 Å². The average molecular weight is 241 g/mol. The number of allylic oxidation sites excluding steroid dienone is 1. The van der Waals surface area contributed by atoms with Crippen molar-refractivity contribution in [1.82, 2.24) is 5.32 Å². The third-order valence-electron chi connectivity index (χ3n) is 3.73. The van der Waals surface area contributed by atoms with E-state index >= 15 is 0 Å². The summed E-state index contributed by atoms with van der Waals surface area (Å²) in [6.45, 7) is 2.11. The van der Waals surface area contributed by atoms with Gasteiger partial charge in [-0.2, -0.15) is 0 Å². The molecule has 2 aliphatic rings. The summed E-state index contributed by atoms with van der Waals surface area (Å²) in [7, 11) is 0. The minimum atomic E-state index is 0.0851. The van der Waals surface area contributed by atoms with E-state index in [1.165, 1.54) is 22.3 Å². The Hall–Kier alpha value is -1.57. The molecule has 2 aliphatic carbocycles. The summed E-state index contributed by atoms with van der Waals surface area (Å²) in [6.07, 6.45) is 7.41. The van der Waals surface area contributed by atoms with Gasteiger partial charge in [-0.25, -0.2) is 0 Å². The van der Waals surface area contributed by atoms with Crippen molar-refractivity contribution in [2.45, 2.75) is 45.1 Å². The van der Waals surface area contributed by atoms with Gasteiger partial charge >= 0.3 is 0 Å². The second-order valence-corrected chi connectivity index (χ2v) is 5.47. The molecule has 2 nitrogen and oxygen atoms in total. The molecule has 0 spiro atoms. The van der Waals surface area contributed by atoms with Crippen molar-refractivity contribution in [3.63, 3.8) is 0 Å². The van der Waals surface area contributed by atoms with Gasteiger partial charge < -0.3 is 5.32 Å². The number of hydrogen-bond donors (Lipinski definition) is 1. The zero-order valence-corrected chi connectivity index (χ0v) is 10.8. The van der Waals surface area contributed by atoms with E-state index in [0.717, 1.165) is 32.1 Å². The van der Waals surface area contributed by atoms with E-state index in [9.17, 15) is 4.79 Å². The Kier molecular flexibility index (Phi) is 2.94. The van der Waals surface area contributed by atoms with Crippen molar-refractivity contribution in [3.8, 4) is 0 Å². The van der Waals surface area contributed by atoms with Crippen LogP contribution in [0.2, 0.25) is 0 Å². The first-order chi connectivity index (χ1) is 8.72. The van der Waals surface area contributed by atoms with Gasteiger partial charge in [0.25, 0.3) is 0 Å². The quantitative estimate of drug-likeness (QED) is 0.792. The SMILES string of the molecule is Cc1ccc2c(c1)/C(=C\C(=O)NC1CC1)CCC2. The predicted octanol–water partition coefficient (Wildman–Crippen LogP) is 2.99. The standard InChI is InChI=1S/C16H19NO/c1-11-5-6-12-3-2-4-13(15(12)9-11)10-16(18)17-14-7-8-14/h5-6,9-10,14H,2-4,7-8H2,1H3,(H,17,18)/b13-10-. The summed E-state index contributed by atoms with van der Waals surface area (Å²) in [5.74, 6) is 0.0851. The summed E-state index contributed by atoms with van der Waals surface area (Å²) in [5.41, 5.74) is 5.15. The molecule has 0 radical (unpaired) electrons. The molecule has 1 N–H and O–H groups in total. The molecule has 0 saturated heterocycles. The Morgan fingerprint density at radius 3 is 2.94 bits per heavy atom. The lowest BCUT2D eigenvalue weighted by atomic mass is 9.86. The second kappa shape index (κ2) is 4.60. The Bertz CT molecular complexity index is 512. The van der Waals surface area contributed by atoms with Crippen molar-refractivity contribution >= 4 is 11.5 Å². The third-order valence-corrected chi connectivity index (χ3v) is 3.73. The normalized spacial score (nSPS) is 20.6. The number of nitrogens with one attached hydrogen (secondary N) is 1. The fourth-order valence-corrected chi connectivity index (χ4v) is 2.59. The van der Waals surface area contributed by atoms with Crippen LogP contribution in [0, 0.1) is 6.92 Å². The molecule has 0 aliphatic heterocycles. The maximum Gasteiger partial charge on any atom is 0.244 e. The number of hydrogen-bond acceptors (Lipinski definition) is 1. The van der Waals surface area contributed by atoms with Crippen LogP contribution in [0.1, 0.15) is 42.4 Å². The molecule has 3 rings (SSSR count).